The quantitative estimate of drug-likeness (QED) is 0.556. The molecule has 0 fully saturated rings. The average Bonchev–Trinajstić information content (AvgIpc) is 2.18. The van der Waals surface area contributed by atoms with E-state index in [9.17, 15) is 4.79 Å². The van der Waals surface area contributed by atoms with Crippen LogP contribution in [-0.4, -0.2) is 24.8 Å². The summed E-state index contributed by atoms with van der Waals surface area (Å²) in [5.74, 6) is 0.0480. The number of rotatable bonds is 3. The zero-order valence-electron chi connectivity index (χ0n) is 9.74. The Morgan fingerprint density at radius 1 is 1.20 bits per heavy atom. The average molecular weight is 203 g/mol. The minimum Gasteiger partial charge on any atom is -0.383 e. The number of ketones is 1. The van der Waals surface area contributed by atoms with Gasteiger partial charge in [0.2, 0.25) is 0 Å². The maximum Gasteiger partial charge on any atom is 0.187 e. The molecule has 1 aromatic carbocycles. The van der Waals surface area contributed by atoms with Crippen LogP contribution in [0.4, 0.5) is 0 Å². The fraction of sp³-hybridized carbons (Fsp3) is 0.308. The molecule has 0 saturated carbocycles. The maximum atomic E-state index is 11.7. The first-order valence-electron chi connectivity index (χ1n) is 4.97. The lowest BCUT2D eigenvalue weighted by atomic mass is 10.0. The molecule has 2 heteroatoms. The van der Waals surface area contributed by atoms with Crippen molar-refractivity contribution in [2.75, 3.05) is 14.1 Å². The van der Waals surface area contributed by atoms with Gasteiger partial charge in [-0.15, -0.1) is 0 Å². The van der Waals surface area contributed by atoms with Crippen LogP contribution in [0.3, 0.4) is 0 Å². The predicted octanol–water partition coefficient (Wildman–Crippen LogP) is 2.56. The fourth-order valence-corrected chi connectivity index (χ4v) is 1.21. The SMILES string of the molecule is Cc1ccc(C(=O)/C=C/N(C)C)cc1C. The highest BCUT2D eigenvalue weighted by molar-refractivity contribution is 6.04. The van der Waals surface area contributed by atoms with E-state index in [1.54, 1.807) is 12.3 Å². The van der Waals surface area contributed by atoms with Gasteiger partial charge in [-0.3, -0.25) is 4.79 Å². The molecule has 0 N–H and O–H groups in total. The third-order valence-electron chi connectivity index (χ3n) is 2.32. The topological polar surface area (TPSA) is 20.3 Å². The Hall–Kier alpha value is -1.57. The van der Waals surface area contributed by atoms with E-state index in [4.69, 9.17) is 0 Å². The van der Waals surface area contributed by atoms with Gasteiger partial charge in [-0.1, -0.05) is 12.1 Å². The van der Waals surface area contributed by atoms with Crippen molar-refractivity contribution in [1.29, 1.82) is 0 Å². The van der Waals surface area contributed by atoms with Gasteiger partial charge in [0.1, 0.15) is 0 Å². The molecular weight excluding hydrogens is 186 g/mol. The van der Waals surface area contributed by atoms with Crippen LogP contribution < -0.4 is 0 Å². The molecule has 1 rings (SSSR count). The van der Waals surface area contributed by atoms with Gasteiger partial charge in [-0.25, -0.2) is 0 Å². The molecule has 0 heterocycles. The first-order valence-corrected chi connectivity index (χ1v) is 4.97. The molecule has 80 valence electrons. The van der Waals surface area contributed by atoms with Crippen LogP contribution >= 0.6 is 0 Å². The lowest BCUT2D eigenvalue weighted by molar-refractivity contribution is 0.104. The smallest absolute Gasteiger partial charge is 0.187 e. The van der Waals surface area contributed by atoms with Gasteiger partial charge in [-0.2, -0.15) is 0 Å². The second-order valence-electron chi connectivity index (χ2n) is 3.94. The third kappa shape index (κ3) is 3.24. The van der Waals surface area contributed by atoms with Crippen LogP contribution in [-0.2, 0) is 0 Å². The standard InChI is InChI=1S/C13H17NO/c1-10-5-6-12(9-11(10)2)13(15)7-8-14(3)4/h5-9H,1-4H3/b8-7+. The Balaban J connectivity index is 2.88. The summed E-state index contributed by atoms with van der Waals surface area (Å²) in [4.78, 5) is 13.5. The molecule has 0 radical (unpaired) electrons. The van der Waals surface area contributed by atoms with E-state index in [0.29, 0.717) is 0 Å². The van der Waals surface area contributed by atoms with Crippen LogP contribution in [0.25, 0.3) is 0 Å². The van der Waals surface area contributed by atoms with Crippen LogP contribution in [0.15, 0.2) is 30.5 Å². The molecule has 0 unspecified atom stereocenters. The number of aryl methyl sites for hydroxylation is 2. The molecule has 0 amide bonds. The normalized spacial score (nSPS) is 10.7. The van der Waals surface area contributed by atoms with Crippen LogP contribution in [0.1, 0.15) is 21.5 Å². The maximum absolute atomic E-state index is 11.7. The molecule has 0 spiro atoms. The van der Waals surface area contributed by atoms with Gasteiger partial charge >= 0.3 is 0 Å². The van der Waals surface area contributed by atoms with Gasteiger partial charge in [-0.05, 0) is 31.0 Å². The number of carbonyl (C=O) groups excluding carboxylic acids is 1. The van der Waals surface area contributed by atoms with Crippen molar-refractivity contribution >= 4 is 5.78 Å². The number of hydrogen-bond donors (Lipinski definition) is 0. The molecule has 0 aliphatic heterocycles. The van der Waals surface area contributed by atoms with E-state index >= 15 is 0 Å². The first kappa shape index (κ1) is 11.5. The molecule has 0 aliphatic carbocycles. The zero-order chi connectivity index (χ0) is 11.4. The molecular formula is C13H17NO. The number of nitrogens with zero attached hydrogens (tertiary/aromatic N) is 1. The molecule has 2 nitrogen and oxygen atoms in total. The summed E-state index contributed by atoms with van der Waals surface area (Å²) in [5.41, 5.74) is 3.11. The zero-order valence-corrected chi connectivity index (χ0v) is 9.74. The lowest BCUT2D eigenvalue weighted by Crippen LogP contribution is -2.03. The summed E-state index contributed by atoms with van der Waals surface area (Å²) in [7, 11) is 3.79. The van der Waals surface area contributed by atoms with Crippen molar-refractivity contribution in [3.05, 3.63) is 47.2 Å². The van der Waals surface area contributed by atoms with Gasteiger partial charge in [0.15, 0.2) is 5.78 Å². The molecule has 0 bridgehead atoms. The van der Waals surface area contributed by atoms with Gasteiger partial charge in [0, 0.05) is 31.9 Å². The molecule has 1 aromatic rings. The van der Waals surface area contributed by atoms with E-state index < -0.39 is 0 Å². The summed E-state index contributed by atoms with van der Waals surface area (Å²) < 4.78 is 0. The van der Waals surface area contributed by atoms with E-state index in [2.05, 4.69) is 0 Å². The number of benzene rings is 1. The second-order valence-corrected chi connectivity index (χ2v) is 3.94. The highest BCUT2D eigenvalue weighted by Crippen LogP contribution is 2.10. The summed E-state index contributed by atoms with van der Waals surface area (Å²) >= 11 is 0. The second kappa shape index (κ2) is 4.78. The Morgan fingerprint density at radius 3 is 2.40 bits per heavy atom. The van der Waals surface area contributed by atoms with Gasteiger partial charge in [0.05, 0.1) is 0 Å². The van der Waals surface area contributed by atoms with Crippen molar-refractivity contribution in [2.45, 2.75) is 13.8 Å². The van der Waals surface area contributed by atoms with E-state index in [1.165, 1.54) is 5.56 Å². The minimum absolute atomic E-state index is 0.0480. The first-order chi connectivity index (χ1) is 7.00. The van der Waals surface area contributed by atoms with Gasteiger partial charge in [0.25, 0.3) is 0 Å². The monoisotopic (exact) mass is 203 g/mol. The van der Waals surface area contributed by atoms with Crippen molar-refractivity contribution in [3.8, 4) is 0 Å². The molecule has 15 heavy (non-hydrogen) atoms. The minimum atomic E-state index is 0.0480. The highest BCUT2D eigenvalue weighted by atomic mass is 16.1. The van der Waals surface area contributed by atoms with Crippen molar-refractivity contribution < 1.29 is 4.79 Å². The highest BCUT2D eigenvalue weighted by Gasteiger charge is 2.02. The molecule has 0 saturated heterocycles. The van der Waals surface area contributed by atoms with E-state index in [0.717, 1.165) is 11.1 Å². The summed E-state index contributed by atoms with van der Waals surface area (Å²) in [6, 6.07) is 5.77. The number of carbonyl (C=O) groups is 1. The number of hydrogen-bond acceptors (Lipinski definition) is 2. The summed E-state index contributed by atoms with van der Waals surface area (Å²) in [6.07, 6.45) is 3.35. The number of allylic oxidation sites excluding steroid dienone is 1. The summed E-state index contributed by atoms with van der Waals surface area (Å²) in [6.45, 7) is 4.06. The lowest BCUT2D eigenvalue weighted by Gasteiger charge is -2.04. The van der Waals surface area contributed by atoms with Gasteiger partial charge < -0.3 is 4.90 Å². The Labute approximate surface area is 91.2 Å². The Morgan fingerprint density at radius 2 is 1.87 bits per heavy atom. The Bertz CT molecular complexity index is 392. The van der Waals surface area contributed by atoms with Crippen molar-refractivity contribution in [2.24, 2.45) is 0 Å². The molecule has 0 aliphatic rings. The summed E-state index contributed by atoms with van der Waals surface area (Å²) in [5, 5.41) is 0. The van der Waals surface area contributed by atoms with Crippen LogP contribution in [0, 0.1) is 13.8 Å². The Kier molecular flexibility index (Phi) is 3.67. The van der Waals surface area contributed by atoms with Crippen molar-refractivity contribution in [3.63, 3.8) is 0 Å². The van der Waals surface area contributed by atoms with Crippen LogP contribution in [0.2, 0.25) is 0 Å². The molecule has 0 atom stereocenters. The third-order valence-corrected chi connectivity index (χ3v) is 2.32. The largest absolute Gasteiger partial charge is 0.383 e. The fourth-order valence-electron chi connectivity index (χ4n) is 1.21. The van der Waals surface area contributed by atoms with Crippen molar-refractivity contribution in [1.82, 2.24) is 4.90 Å². The van der Waals surface area contributed by atoms with E-state index in [1.807, 2.05) is 51.0 Å². The predicted molar refractivity (Wildman–Crippen MR) is 63.1 cm³/mol. The molecule has 0 aromatic heterocycles. The van der Waals surface area contributed by atoms with Crippen LogP contribution in [0.5, 0.6) is 0 Å². The van der Waals surface area contributed by atoms with E-state index in [-0.39, 0.29) is 5.78 Å².